The second kappa shape index (κ2) is 5.48. The molecule has 0 unspecified atom stereocenters. The molecule has 1 saturated heterocycles. The Bertz CT molecular complexity index is 514. The number of amides is 1. The summed E-state index contributed by atoms with van der Waals surface area (Å²) in [6, 6.07) is 5.70. The molecule has 1 fully saturated rings. The smallest absolute Gasteiger partial charge is 0.244 e. The topological polar surface area (TPSA) is 72.7 Å². The molecule has 2 rings (SSSR count). The fraction of sp³-hybridized carbons (Fsp3) is 0.500. The van der Waals surface area contributed by atoms with Crippen molar-refractivity contribution in [2.24, 2.45) is 5.92 Å². The van der Waals surface area contributed by atoms with E-state index in [1.807, 2.05) is 6.92 Å². The van der Waals surface area contributed by atoms with Crippen molar-refractivity contribution in [1.82, 2.24) is 0 Å². The highest BCUT2D eigenvalue weighted by atomic mass is 16.6. The molecule has 1 heterocycles. The molecule has 3 atom stereocenters. The molecule has 1 aliphatic rings. The molecule has 0 spiro atoms. The van der Waals surface area contributed by atoms with Gasteiger partial charge >= 0.3 is 0 Å². The van der Waals surface area contributed by atoms with Crippen molar-refractivity contribution in [3.8, 4) is 5.75 Å². The Balaban J connectivity index is 2.35. The molecular formula is C14H18N2O4. The Kier molecular flexibility index (Phi) is 3.92. The third-order valence-electron chi connectivity index (χ3n) is 3.90. The van der Waals surface area contributed by atoms with E-state index in [2.05, 4.69) is 0 Å². The summed E-state index contributed by atoms with van der Waals surface area (Å²) in [4.78, 5) is 24.8. The molecule has 108 valence electrons. The van der Waals surface area contributed by atoms with E-state index in [1.54, 1.807) is 38.3 Å². The van der Waals surface area contributed by atoms with Crippen LogP contribution in [0.25, 0.3) is 0 Å². The van der Waals surface area contributed by atoms with Gasteiger partial charge in [-0.3, -0.25) is 14.9 Å². The molecule has 20 heavy (non-hydrogen) atoms. The van der Waals surface area contributed by atoms with Crippen LogP contribution in [0.5, 0.6) is 5.75 Å². The van der Waals surface area contributed by atoms with Gasteiger partial charge in [0.15, 0.2) is 0 Å². The number of benzene rings is 1. The molecule has 1 aromatic rings. The summed E-state index contributed by atoms with van der Waals surface area (Å²) in [6.07, 6.45) is 0.474. The van der Waals surface area contributed by atoms with Crippen LogP contribution in [0.15, 0.2) is 24.3 Å². The quantitative estimate of drug-likeness (QED) is 0.624. The number of anilines is 1. The molecular weight excluding hydrogens is 260 g/mol. The zero-order valence-electron chi connectivity index (χ0n) is 11.8. The maximum absolute atomic E-state index is 12.4. The number of nitrogens with zero attached hydrogens (tertiary/aromatic N) is 2. The molecule has 0 radical (unpaired) electrons. The van der Waals surface area contributed by atoms with Crippen LogP contribution in [0.2, 0.25) is 0 Å². The molecule has 6 nitrogen and oxygen atoms in total. The van der Waals surface area contributed by atoms with E-state index >= 15 is 0 Å². The van der Waals surface area contributed by atoms with Gasteiger partial charge in [0.25, 0.3) is 0 Å². The molecule has 0 saturated carbocycles. The third-order valence-corrected chi connectivity index (χ3v) is 3.90. The highest BCUT2D eigenvalue weighted by Crippen LogP contribution is 2.34. The predicted molar refractivity (Wildman–Crippen MR) is 74.5 cm³/mol. The minimum Gasteiger partial charge on any atom is -0.497 e. The maximum Gasteiger partial charge on any atom is 0.244 e. The van der Waals surface area contributed by atoms with Crippen molar-refractivity contribution < 1.29 is 14.5 Å². The molecule has 6 heteroatoms. The van der Waals surface area contributed by atoms with Gasteiger partial charge in [-0.15, -0.1) is 0 Å². The summed E-state index contributed by atoms with van der Waals surface area (Å²) in [5, 5.41) is 11.2. The van der Waals surface area contributed by atoms with Crippen LogP contribution in [0.1, 0.15) is 20.3 Å². The lowest BCUT2D eigenvalue weighted by molar-refractivity contribution is -0.528. The van der Waals surface area contributed by atoms with Crippen molar-refractivity contribution in [2.45, 2.75) is 32.4 Å². The van der Waals surface area contributed by atoms with Crippen LogP contribution in [-0.4, -0.2) is 30.0 Å². The van der Waals surface area contributed by atoms with Gasteiger partial charge in [-0.2, -0.15) is 0 Å². The number of hydrogen-bond donors (Lipinski definition) is 0. The van der Waals surface area contributed by atoms with Crippen LogP contribution >= 0.6 is 0 Å². The van der Waals surface area contributed by atoms with Crippen molar-refractivity contribution in [1.29, 1.82) is 0 Å². The lowest BCUT2D eigenvalue weighted by Crippen LogP contribution is -2.38. The first-order valence-electron chi connectivity index (χ1n) is 6.61. The van der Waals surface area contributed by atoms with Gasteiger partial charge in [0.05, 0.1) is 7.11 Å². The number of methoxy groups -OCH3 is 1. The first-order valence-corrected chi connectivity index (χ1v) is 6.61. The number of carbonyl (C=O) groups is 1. The molecule has 0 bridgehead atoms. The summed E-state index contributed by atoms with van der Waals surface area (Å²) in [5.41, 5.74) is 0.672. The average Bonchev–Trinajstić information content (AvgIpc) is 2.69. The molecule has 0 aliphatic carbocycles. The van der Waals surface area contributed by atoms with Gasteiger partial charge < -0.3 is 9.64 Å². The normalized spacial score (nSPS) is 25.9. The summed E-state index contributed by atoms with van der Waals surface area (Å²) >= 11 is 0. The Morgan fingerprint density at radius 2 is 1.95 bits per heavy atom. The lowest BCUT2D eigenvalue weighted by atomic mass is 9.97. The summed E-state index contributed by atoms with van der Waals surface area (Å²) in [6.45, 7) is 3.54. The van der Waals surface area contributed by atoms with E-state index < -0.39 is 18.0 Å². The van der Waals surface area contributed by atoms with Crippen molar-refractivity contribution in [3.05, 3.63) is 34.4 Å². The Morgan fingerprint density at radius 1 is 1.35 bits per heavy atom. The second-order valence-corrected chi connectivity index (χ2v) is 4.94. The van der Waals surface area contributed by atoms with Crippen LogP contribution in [0.3, 0.4) is 0 Å². The monoisotopic (exact) mass is 278 g/mol. The highest BCUT2D eigenvalue weighted by molar-refractivity contribution is 5.98. The summed E-state index contributed by atoms with van der Waals surface area (Å²) in [5.74, 6) is -0.0418. The van der Waals surface area contributed by atoms with Crippen molar-refractivity contribution in [3.63, 3.8) is 0 Å². The Hall–Kier alpha value is -2.11. The van der Waals surface area contributed by atoms with Gasteiger partial charge in [-0.1, -0.05) is 6.92 Å². The molecule has 0 aromatic heterocycles. The van der Waals surface area contributed by atoms with Crippen LogP contribution < -0.4 is 9.64 Å². The number of nitro groups is 1. The van der Waals surface area contributed by atoms with E-state index in [-0.39, 0.29) is 10.8 Å². The van der Waals surface area contributed by atoms with Crippen LogP contribution in [0.4, 0.5) is 5.69 Å². The summed E-state index contributed by atoms with van der Waals surface area (Å²) in [7, 11) is 1.56. The Morgan fingerprint density at radius 3 is 2.35 bits per heavy atom. The highest BCUT2D eigenvalue weighted by Gasteiger charge is 2.52. The maximum atomic E-state index is 12.4. The fourth-order valence-electron chi connectivity index (χ4n) is 2.86. The van der Waals surface area contributed by atoms with E-state index in [0.29, 0.717) is 17.9 Å². The number of rotatable bonds is 4. The van der Waals surface area contributed by atoms with Crippen LogP contribution in [-0.2, 0) is 4.79 Å². The average molecular weight is 278 g/mol. The first-order chi connectivity index (χ1) is 9.51. The van der Waals surface area contributed by atoms with Crippen molar-refractivity contribution in [2.75, 3.05) is 12.0 Å². The van der Waals surface area contributed by atoms with E-state index in [1.165, 1.54) is 4.90 Å². The standard InChI is InChI=1S/C14H18N2O4/c1-4-12-13(16(18)19)9(2)15(14(12)17)10-5-7-11(20-3)8-6-10/h5-9,12-13H,4H2,1-3H3/t9-,12+,13-/m1/s1. The Labute approximate surface area is 117 Å². The van der Waals surface area contributed by atoms with Gasteiger partial charge in [-0.05, 0) is 37.6 Å². The number of hydrogen-bond acceptors (Lipinski definition) is 4. The van der Waals surface area contributed by atoms with E-state index in [9.17, 15) is 14.9 Å². The number of carbonyl (C=O) groups excluding carboxylic acids is 1. The molecule has 1 aromatic carbocycles. The predicted octanol–water partition coefficient (Wildman–Crippen LogP) is 2.10. The van der Waals surface area contributed by atoms with Gasteiger partial charge in [0.2, 0.25) is 11.9 Å². The lowest BCUT2D eigenvalue weighted by Gasteiger charge is -2.21. The van der Waals surface area contributed by atoms with Gasteiger partial charge in [-0.25, -0.2) is 0 Å². The zero-order chi connectivity index (χ0) is 14.9. The first kappa shape index (κ1) is 14.3. The van der Waals surface area contributed by atoms with Crippen LogP contribution in [0, 0.1) is 16.0 Å². The molecule has 1 aliphatic heterocycles. The third kappa shape index (κ3) is 2.21. The number of ether oxygens (including phenoxy) is 1. The molecule has 1 amide bonds. The second-order valence-electron chi connectivity index (χ2n) is 4.94. The van der Waals surface area contributed by atoms with Crippen molar-refractivity contribution >= 4 is 11.6 Å². The molecule has 0 N–H and O–H groups in total. The van der Waals surface area contributed by atoms with E-state index in [4.69, 9.17) is 4.74 Å². The van der Waals surface area contributed by atoms with Gasteiger partial charge in [0.1, 0.15) is 17.7 Å². The minimum atomic E-state index is -0.852. The van der Waals surface area contributed by atoms with E-state index in [0.717, 1.165) is 0 Å². The largest absolute Gasteiger partial charge is 0.497 e. The SMILES string of the molecule is CC[C@@H]1C(=O)N(c2ccc(OC)cc2)[C@H](C)[C@H]1[N+](=O)[O-]. The van der Waals surface area contributed by atoms with Gasteiger partial charge in [0, 0.05) is 10.6 Å². The fourth-order valence-corrected chi connectivity index (χ4v) is 2.86. The zero-order valence-corrected chi connectivity index (χ0v) is 11.8. The summed E-state index contributed by atoms with van der Waals surface area (Å²) < 4.78 is 5.08. The minimum absolute atomic E-state index is 0.174.